The smallest absolute Gasteiger partial charge is 0.238 e. The van der Waals surface area contributed by atoms with Crippen LogP contribution in [0.1, 0.15) is 19.8 Å². The first kappa shape index (κ1) is 13.3. The summed E-state index contributed by atoms with van der Waals surface area (Å²) in [7, 11) is 0. The van der Waals surface area contributed by atoms with Crippen molar-refractivity contribution in [3.8, 4) is 0 Å². The zero-order chi connectivity index (χ0) is 14.4. The Balaban J connectivity index is 1.97. The molecule has 0 radical (unpaired) electrons. The van der Waals surface area contributed by atoms with Gasteiger partial charge in [-0.25, -0.2) is 9.29 Å². The third kappa shape index (κ3) is 1.95. The molecule has 0 saturated carbocycles. The van der Waals surface area contributed by atoms with Crippen molar-refractivity contribution in [3.05, 3.63) is 40.7 Å². The van der Waals surface area contributed by atoms with Crippen molar-refractivity contribution < 1.29 is 14.0 Å². The summed E-state index contributed by atoms with van der Waals surface area (Å²) in [5.74, 6) is -1.59. The Kier molecular flexibility index (Phi) is 3.13. The summed E-state index contributed by atoms with van der Waals surface area (Å²) in [5, 5.41) is -0.0905. The zero-order valence-electron chi connectivity index (χ0n) is 10.9. The van der Waals surface area contributed by atoms with E-state index >= 15 is 0 Å². The van der Waals surface area contributed by atoms with E-state index in [2.05, 4.69) is 0 Å². The fraction of sp³-hybridized carbons (Fsp3) is 0.333. The lowest BCUT2D eigenvalue weighted by Gasteiger charge is -2.18. The number of imide groups is 1. The molecule has 1 fully saturated rings. The second-order valence-corrected chi connectivity index (χ2v) is 5.72. The molecule has 2 aliphatic rings. The monoisotopic (exact) mass is 293 g/mol. The van der Waals surface area contributed by atoms with Crippen molar-refractivity contribution >= 4 is 29.1 Å². The van der Waals surface area contributed by atoms with Gasteiger partial charge in [-0.05, 0) is 38.0 Å². The Labute approximate surface area is 121 Å². The second kappa shape index (κ2) is 4.70. The average Bonchev–Trinajstić information content (AvgIpc) is 2.65. The number of anilines is 1. The minimum Gasteiger partial charge on any atom is -0.274 e. The van der Waals surface area contributed by atoms with Crippen LogP contribution in [0.2, 0.25) is 5.02 Å². The van der Waals surface area contributed by atoms with Gasteiger partial charge >= 0.3 is 0 Å². The van der Waals surface area contributed by atoms with Gasteiger partial charge in [0.2, 0.25) is 11.8 Å². The van der Waals surface area contributed by atoms with Gasteiger partial charge < -0.3 is 0 Å². The Hall–Kier alpha value is -1.68. The Morgan fingerprint density at radius 2 is 1.95 bits per heavy atom. The highest BCUT2D eigenvalue weighted by Gasteiger charge is 2.48. The van der Waals surface area contributed by atoms with Crippen LogP contribution in [-0.2, 0) is 9.59 Å². The molecule has 1 aliphatic heterocycles. The molecule has 5 heteroatoms. The van der Waals surface area contributed by atoms with Crippen LogP contribution >= 0.6 is 11.6 Å². The molecule has 0 spiro atoms. The van der Waals surface area contributed by atoms with Crippen LogP contribution < -0.4 is 4.90 Å². The predicted octanol–water partition coefficient (Wildman–Crippen LogP) is 3.32. The molecule has 1 saturated heterocycles. The van der Waals surface area contributed by atoms with Crippen molar-refractivity contribution in [2.24, 2.45) is 11.8 Å². The minimum atomic E-state index is -0.565. The van der Waals surface area contributed by atoms with Gasteiger partial charge in [-0.3, -0.25) is 9.59 Å². The molecule has 3 nitrogen and oxygen atoms in total. The van der Waals surface area contributed by atoms with Crippen LogP contribution in [0.25, 0.3) is 0 Å². The van der Waals surface area contributed by atoms with Gasteiger partial charge in [0.05, 0.1) is 22.5 Å². The summed E-state index contributed by atoms with van der Waals surface area (Å²) < 4.78 is 13.2. The number of amides is 2. The Morgan fingerprint density at radius 1 is 1.25 bits per heavy atom. The fourth-order valence-electron chi connectivity index (χ4n) is 2.92. The van der Waals surface area contributed by atoms with Crippen LogP contribution in [0.4, 0.5) is 10.1 Å². The van der Waals surface area contributed by atoms with Gasteiger partial charge in [0, 0.05) is 0 Å². The number of carbonyl (C=O) groups is 2. The summed E-state index contributed by atoms with van der Waals surface area (Å²) in [6.45, 7) is 1.96. The maximum absolute atomic E-state index is 13.2. The summed E-state index contributed by atoms with van der Waals surface area (Å²) in [4.78, 5) is 26.0. The van der Waals surface area contributed by atoms with Crippen molar-refractivity contribution in [2.45, 2.75) is 19.8 Å². The summed E-state index contributed by atoms with van der Waals surface area (Å²) in [6, 6.07) is 3.91. The van der Waals surface area contributed by atoms with Crippen LogP contribution in [0, 0.1) is 17.7 Å². The normalized spacial score (nSPS) is 25.8. The predicted molar refractivity (Wildman–Crippen MR) is 73.9 cm³/mol. The lowest BCUT2D eigenvalue weighted by molar-refractivity contribution is -0.122. The van der Waals surface area contributed by atoms with Crippen LogP contribution in [0.15, 0.2) is 29.8 Å². The number of rotatable bonds is 1. The van der Waals surface area contributed by atoms with Crippen molar-refractivity contribution in [1.82, 2.24) is 0 Å². The maximum atomic E-state index is 13.2. The molecule has 1 aromatic carbocycles. The minimum absolute atomic E-state index is 0.0905. The number of allylic oxidation sites excluding steroid dienone is 2. The first-order valence-corrected chi connectivity index (χ1v) is 6.85. The van der Waals surface area contributed by atoms with E-state index < -0.39 is 5.82 Å². The zero-order valence-corrected chi connectivity index (χ0v) is 11.7. The number of benzene rings is 1. The van der Waals surface area contributed by atoms with Crippen LogP contribution in [0.5, 0.6) is 0 Å². The lowest BCUT2D eigenvalue weighted by atomic mass is 9.82. The molecule has 1 aliphatic carbocycles. The maximum Gasteiger partial charge on any atom is 0.238 e. The highest BCUT2D eigenvalue weighted by Crippen LogP contribution is 2.40. The third-order valence-electron chi connectivity index (χ3n) is 3.98. The van der Waals surface area contributed by atoms with E-state index in [0.29, 0.717) is 18.5 Å². The van der Waals surface area contributed by atoms with Crippen molar-refractivity contribution in [3.63, 3.8) is 0 Å². The van der Waals surface area contributed by atoms with E-state index in [-0.39, 0.29) is 28.7 Å². The first-order valence-electron chi connectivity index (χ1n) is 6.47. The Morgan fingerprint density at radius 3 is 2.65 bits per heavy atom. The largest absolute Gasteiger partial charge is 0.274 e. The summed E-state index contributed by atoms with van der Waals surface area (Å²) in [5.41, 5.74) is 1.48. The van der Waals surface area contributed by atoms with E-state index in [4.69, 9.17) is 11.6 Å². The fourth-order valence-corrected chi connectivity index (χ4v) is 3.09. The highest BCUT2D eigenvalue weighted by molar-refractivity contribution is 6.31. The number of hydrogen-bond acceptors (Lipinski definition) is 2. The molecular weight excluding hydrogens is 281 g/mol. The van der Waals surface area contributed by atoms with Crippen LogP contribution in [-0.4, -0.2) is 11.8 Å². The molecule has 20 heavy (non-hydrogen) atoms. The average molecular weight is 294 g/mol. The lowest BCUT2D eigenvalue weighted by Crippen LogP contribution is -2.30. The van der Waals surface area contributed by atoms with E-state index in [0.717, 1.165) is 10.5 Å². The standard InChI is InChI=1S/C15H13ClFNO2/c1-8-2-4-10-11(6-8)15(20)18(14(10)19)9-3-5-13(17)12(16)7-9/h2-3,5,7,10-11H,4,6H2,1H3/t10-,11-/m0/s1. The second-order valence-electron chi connectivity index (χ2n) is 5.31. The molecule has 2 atom stereocenters. The van der Waals surface area contributed by atoms with E-state index in [1.54, 1.807) is 0 Å². The van der Waals surface area contributed by atoms with E-state index in [1.807, 2.05) is 13.0 Å². The molecule has 1 aromatic rings. The summed E-state index contributed by atoms with van der Waals surface area (Å²) >= 11 is 5.73. The number of fused-ring (bicyclic) bond motifs is 1. The number of hydrogen-bond donors (Lipinski definition) is 0. The molecule has 0 unspecified atom stereocenters. The van der Waals surface area contributed by atoms with Crippen molar-refractivity contribution in [2.75, 3.05) is 4.90 Å². The molecule has 1 heterocycles. The SMILES string of the molecule is CC1=CC[C@@H]2C(=O)N(c3ccc(F)c(Cl)c3)C(=O)[C@H]2C1. The topological polar surface area (TPSA) is 37.4 Å². The van der Waals surface area contributed by atoms with E-state index in [1.165, 1.54) is 18.2 Å². The van der Waals surface area contributed by atoms with Gasteiger partial charge in [-0.1, -0.05) is 23.3 Å². The molecule has 2 amide bonds. The number of halogens is 2. The van der Waals surface area contributed by atoms with E-state index in [9.17, 15) is 14.0 Å². The Bertz CT molecular complexity index is 641. The van der Waals surface area contributed by atoms with Crippen LogP contribution in [0.3, 0.4) is 0 Å². The first-order chi connectivity index (χ1) is 9.49. The molecule has 0 bridgehead atoms. The van der Waals surface area contributed by atoms with Gasteiger partial charge in [-0.2, -0.15) is 0 Å². The molecule has 0 N–H and O–H groups in total. The van der Waals surface area contributed by atoms with Gasteiger partial charge in [0.25, 0.3) is 0 Å². The third-order valence-corrected chi connectivity index (χ3v) is 4.27. The molecule has 3 rings (SSSR count). The van der Waals surface area contributed by atoms with Gasteiger partial charge in [0.1, 0.15) is 5.82 Å². The summed E-state index contributed by atoms with van der Waals surface area (Å²) in [6.07, 6.45) is 3.21. The van der Waals surface area contributed by atoms with Gasteiger partial charge in [-0.15, -0.1) is 0 Å². The quantitative estimate of drug-likeness (QED) is 0.588. The van der Waals surface area contributed by atoms with Gasteiger partial charge in [0.15, 0.2) is 0 Å². The molecular formula is C15H13ClFNO2. The molecule has 0 aromatic heterocycles. The molecule has 104 valence electrons. The number of nitrogens with zero attached hydrogens (tertiary/aromatic N) is 1. The van der Waals surface area contributed by atoms with Crippen molar-refractivity contribution in [1.29, 1.82) is 0 Å². The highest BCUT2D eigenvalue weighted by atomic mass is 35.5. The number of carbonyl (C=O) groups excluding carboxylic acids is 2.